The zero-order valence-corrected chi connectivity index (χ0v) is 10.7. The van der Waals surface area contributed by atoms with Gasteiger partial charge in [-0.2, -0.15) is 0 Å². The van der Waals surface area contributed by atoms with Crippen LogP contribution < -0.4 is 10.5 Å². The number of alkyl halides is 3. The summed E-state index contributed by atoms with van der Waals surface area (Å²) in [5, 5.41) is 0. The van der Waals surface area contributed by atoms with Crippen LogP contribution in [0.15, 0.2) is 42.6 Å². The fourth-order valence-electron chi connectivity index (χ4n) is 1.86. The molecule has 0 bridgehead atoms. The lowest BCUT2D eigenvalue weighted by Crippen LogP contribution is -2.18. The Bertz CT molecular complexity index is 599. The topological polar surface area (TPSA) is 48.1 Å². The Labute approximate surface area is 114 Å². The Kier molecular flexibility index (Phi) is 3.94. The fraction of sp³-hybridized carbons (Fsp3) is 0.214. The average molecular weight is 282 g/mol. The molecule has 0 amide bonds. The summed E-state index contributed by atoms with van der Waals surface area (Å²) in [5.41, 5.74) is 8.16. The highest BCUT2D eigenvalue weighted by atomic mass is 19.4. The number of ether oxygens (including phenoxy) is 1. The Morgan fingerprint density at radius 1 is 1.15 bits per heavy atom. The molecule has 0 fully saturated rings. The summed E-state index contributed by atoms with van der Waals surface area (Å²) in [6, 6.07) is 8.65. The van der Waals surface area contributed by atoms with Gasteiger partial charge < -0.3 is 10.5 Å². The molecule has 0 aliphatic heterocycles. The SMILES string of the molecule is Cc1cc(C(N)c2cccc(OC(F)(F)F)c2)ccn1. The van der Waals surface area contributed by atoms with Crippen molar-refractivity contribution in [1.82, 2.24) is 4.98 Å². The van der Waals surface area contributed by atoms with Crippen LogP contribution in [0.3, 0.4) is 0 Å². The van der Waals surface area contributed by atoms with Gasteiger partial charge >= 0.3 is 6.36 Å². The first-order valence-corrected chi connectivity index (χ1v) is 5.89. The van der Waals surface area contributed by atoms with E-state index in [0.29, 0.717) is 5.56 Å². The second kappa shape index (κ2) is 5.50. The van der Waals surface area contributed by atoms with E-state index in [-0.39, 0.29) is 5.75 Å². The van der Waals surface area contributed by atoms with Crippen LogP contribution in [0.1, 0.15) is 22.9 Å². The molecule has 0 saturated heterocycles. The molecular weight excluding hydrogens is 269 g/mol. The molecule has 1 aromatic heterocycles. The summed E-state index contributed by atoms with van der Waals surface area (Å²) >= 11 is 0. The molecule has 106 valence electrons. The molecule has 1 unspecified atom stereocenters. The van der Waals surface area contributed by atoms with Gasteiger partial charge in [-0.1, -0.05) is 12.1 Å². The molecule has 0 saturated carbocycles. The number of benzene rings is 1. The fourth-order valence-corrected chi connectivity index (χ4v) is 1.86. The molecule has 2 N–H and O–H groups in total. The summed E-state index contributed by atoms with van der Waals surface area (Å²) in [5.74, 6) is -0.281. The molecule has 0 radical (unpaired) electrons. The molecule has 0 aliphatic carbocycles. The predicted octanol–water partition coefficient (Wildman–Crippen LogP) is 3.34. The van der Waals surface area contributed by atoms with E-state index >= 15 is 0 Å². The van der Waals surface area contributed by atoms with Crippen LogP contribution in [-0.2, 0) is 0 Å². The van der Waals surface area contributed by atoms with E-state index < -0.39 is 12.4 Å². The van der Waals surface area contributed by atoms with E-state index in [0.717, 1.165) is 11.3 Å². The molecule has 6 heteroatoms. The molecular formula is C14H13F3N2O. The minimum atomic E-state index is -4.71. The normalized spacial score (nSPS) is 13.1. The number of hydrogen-bond donors (Lipinski definition) is 1. The number of hydrogen-bond acceptors (Lipinski definition) is 3. The van der Waals surface area contributed by atoms with Crippen LogP contribution in [0.25, 0.3) is 0 Å². The average Bonchev–Trinajstić information content (AvgIpc) is 2.36. The molecule has 2 aromatic rings. The van der Waals surface area contributed by atoms with E-state index in [4.69, 9.17) is 5.73 Å². The molecule has 0 spiro atoms. The van der Waals surface area contributed by atoms with Gasteiger partial charge in [-0.15, -0.1) is 13.2 Å². The van der Waals surface area contributed by atoms with Gasteiger partial charge in [-0.25, -0.2) is 0 Å². The molecule has 1 atom stereocenters. The molecule has 1 aromatic carbocycles. The zero-order chi connectivity index (χ0) is 14.8. The highest BCUT2D eigenvalue weighted by molar-refractivity contribution is 5.36. The van der Waals surface area contributed by atoms with Crippen molar-refractivity contribution in [1.29, 1.82) is 0 Å². The third-order valence-electron chi connectivity index (χ3n) is 2.73. The van der Waals surface area contributed by atoms with E-state index in [1.54, 1.807) is 24.4 Å². The summed E-state index contributed by atoms with van der Waals surface area (Å²) in [6.07, 6.45) is -3.10. The molecule has 20 heavy (non-hydrogen) atoms. The van der Waals surface area contributed by atoms with E-state index in [9.17, 15) is 13.2 Å². The molecule has 3 nitrogen and oxygen atoms in total. The Morgan fingerprint density at radius 3 is 2.50 bits per heavy atom. The monoisotopic (exact) mass is 282 g/mol. The molecule has 2 rings (SSSR count). The van der Waals surface area contributed by atoms with Gasteiger partial charge in [-0.05, 0) is 42.3 Å². The van der Waals surface area contributed by atoms with E-state index in [1.165, 1.54) is 18.2 Å². The lowest BCUT2D eigenvalue weighted by Gasteiger charge is -2.15. The number of nitrogens with two attached hydrogens (primary N) is 1. The minimum absolute atomic E-state index is 0.281. The van der Waals surface area contributed by atoms with Gasteiger partial charge in [0, 0.05) is 11.9 Å². The minimum Gasteiger partial charge on any atom is -0.406 e. The standard InChI is InChI=1S/C14H13F3N2O/c1-9-7-11(5-6-19-9)13(18)10-3-2-4-12(8-10)20-14(15,16)17/h2-8,13H,18H2,1H3. The van der Waals surface area contributed by atoms with E-state index in [2.05, 4.69) is 9.72 Å². The second-order valence-electron chi connectivity index (χ2n) is 4.33. The maximum atomic E-state index is 12.2. The predicted molar refractivity (Wildman–Crippen MR) is 68.1 cm³/mol. The van der Waals surface area contributed by atoms with Gasteiger partial charge in [0.05, 0.1) is 6.04 Å². The van der Waals surface area contributed by atoms with Crippen molar-refractivity contribution in [2.75, 3.05) is 0 Å². The third kappa shape index (κ3) is 3.71. The van der Waals surface area contributed by atoms with Crippen LogP contribution in [0.5, 0.6) is 5.75 Å². The Morgan fingerprint density at radius 2 is 1.85 bits per heavy atom. The third-order valence-corrected chi connectivity index (χ3v) is 2.73. The highest BCUT2D eigenvalue weighted by Gasteiger charge is 2.31. The van der Waals surface area contributed by atoms with Crippen LogP contribution in [0.2, 0.25) is 0 Å². The van der Waals surface area contributed by atoms with Crippen molar-refractivity contribution in [2.24, 2.45) is 5.73 Å². The van der Waals surface area contributed by atoms with Crippen molar-refractivity contribution in [2.45, 2.75) is 19.3 Å². The number of halogens is 3. The van der Waals surface area contributed by atoms with E-state index in [1.807, 2.05) is 6.92 Å². The number of aryl methyl sites for hydroxylation is 1. The first-order chi connectivity index (χ1) is 9.35. The summed E-state index contributed by atoms with van der Waals surface area (Å²) in [6.45, 7) is 1.82. The van der Waals surface area contributed by atoms with Crippen molar-refractivity contribution in [3.63, 3.8) is 0 Å². The number of nitrogens with zero attached hydrogens (tertiary/aromatic N) is 1. The summed E-state index contributed by atoms with van der Waals surface area (Å²) in [7, 11) is 0. The largest absolute Gasteiger partial charge is 0.573 e. The van der Waals surface area contributed by atoms with Gasteiger partial charge in [0.2, 0.25) is 0 Å². The first kappa shape index (κ1) is 14.3. The van der Waals surface area contributed by atoms with Gasteiger partial charge in [0.15, 0.2) is 0 Å². The number of aromatic nitrogens is 1. The maximum absolute atomic E-state index is 12.2. The maximum Gasteiger partial charge on any atom is 0.573 e. The first-order valence-electron chi connectivity index (χ1n) is 5.89. The van der Waals surface area contributed by atoms with Gasteiger partial charge in [0.25, 0.3) is 0 Å². The highest BCUT2D eigenvalue weighted by Crippen LogP contribution is 2.27. The smallest absolute Gasteiger partial charge is 0.406 e. The summed E-state index contributed by atoms with van der Waals surface area (Å²) in [4.78, 5) is 4.05. The van der Waals surface area contributed by atoms with Crippen molar-refractivity contribution in [3.8, 4) is 5.75 Å². The quantitative estimate of drug-likeness (QED) is 0.939. The lowest BCUT2D eigenvalue weighted by molar-refractivity contribution is -0.274. The Hall–Kier alpha value is -2.08. The van der Waals surface area contributed by atoms with Gasteiger partial charge in [-0.3, -0.25) is 4.98 Å². The number of rotatable bonds is 3. The Balaban J connectivity index is 2.26. The molecule has 0 aliphatic rings. The summed E-state index contributed by atoms with van der Waals surface area (Å²) < 4.78 is 40.4. The van der Waals surface area contributed by atoms with Crippen molar-refractivity contribution < 1.29 is 17.9 Å². The van der Waals surface area contributed by atoms with Crippen LogP contribution in [-0.4, -0.2) is 11.3 Å². The van der Waals surface area contributed by atoms with Crippen LogP contribution in [0, 0.1) is 6.92 Å². The number of pyridine rings is 1. The van der Waals surface area contributed by atoms with Crippen LogP contribution in [0.4, 0.5) is 13.2 Å². The van der Waals surface area contributed by atoms with Crippen molar-refractivity contribution in [3.05, 3.63) is 59.4 Å². The van der Waals surface area contributed by atoms with Crippen LogP contribution >= 0.6 is 0 Å². The van der Waals surface area contributed by atoms with Gasteiger partial charge in [0.1, 0.15) is 5.75 Å². The zero-order valence-electron chi connectivity index (χ0n) is 10.7. The molecule has 1 heterocycles. The van der Waals surface area contributed by atoms with Crippen molar-refractivity contribution >= 4 is 0 Å². The second-order valence-corrected chi connectivity index (χ2v) is 4.33. The lowest BCUT2D eigenvalue weighted by atomic mass is 10.00.